The molecule has 0 saturated heterocycles. The Kier molecular flexibility index (Phi) is 3.66. The van der Waals surface area contributed by atoms with Crippen molar-refractivity contribution >= 4 is 40.7 Å². The highest BCUT2D eigenvalue weighted by atomic mass is 32.2. The zero-order chi connectivity index (χ0) is 14.8. The lowest BCUT2D eigenvalue weighted by molar-refractivity contribution is -0.115. The van der Waals surface area contributed by atoms with Gasteiger partial charge < -0.3 is 15.5 Å². The molecule has 0 aliphatic carbocycles. The smallest absolute Gasteiger partial charge is 0.244 e. The van der Waals surface area contributed by atoms with Crippen LogP contribution in [0.5, 0.6) is 0 Å². The SMILES string of the molecule is CNc1cc(N2CC(=O)Nc3ccccc32)nc(SC)n1. The van der Waals surface area contributed by atoms with Crippen molar-refractivity contribution in [1.29, 1.82) is 0 Å². The fourth-order valence-electron chi connectivity index (χ4n) is 2.21. The highest BCUT2D eigenvalue weighted by Gasteiger charge is 2.24. The molecule has 0 bridgehead atoms. The van der Waals surface area contributed by atoms with Crippen LogP contribution >= 0.6 is 11.8 Å². The van der Waals surface area contributed by atoms with Crippen LogP contribution in [0.3, 0.4) is 0 Å². The van der Waals surface area contributed by atoms with E-state index in [0.717, 1.165) is 17.2 Å². The summed E-state index contributed by atoms with van der Waals surface area (Å²) < 4.78 is 0. The van der Waals surface area contributed by atoms with Gasteiger partial charge in [-0.05, 0) is 18.4 Å². The number of nitrogens with one attached hydrogen (secondary N) is 2. The third kappa shape index (κ3) is 2.64. The van der Waals surface area contributed by atoms with E-state index in [0.29, 0.717) is 11.0 Å². The van der Waals surface area contributed by atoms with Crippen molar-refractivity contribution in [1.82, 2.24) is 9.97 Å². The topological polar surface area (TPSA) is 70.2 Å². The molecule has 21 heavy (non-hydrogen) atoms. The molecule has 0 spiro atoms. The lowest BCUT2D eigenvalue weighted by Gasteiger charge is -2.30. The Balaban J connectivity index is 2.10. The molecule has 0 fully saturated rings. The van der Waals surface area contributed by atoms with E-state index in [1.807, 2.05) is 48.5 Å². The number of carbonyl (C=O) groups excluding carboxylic acids is 1. The van der Waals surface area contributed by atoms with Crippen LogP contribution in [-0.4, -0.2) is 35.7 Å². The minimum absolute atomic E-state index is 0.0518. The average molecular weight is 301 g/mol. The first-order chi connectivity index (χ1) is 10.2. The summed E-state index contributed by atoms with van der Waals surface area (Å²) >= 11 is 1.47. The fourth-order valence-corrected chi connectivity index (χ4v) is 2.58. The highest BCUT2D eigenvalue weighted by Crippen LogP contribution is 2.34. The van der Waals surface area contributed by atoms with E-state index in [-0.39, 0.29) is 12.5 Å². The van der Waals surface area contributed by atoms with Gasteiger partial charge in [-0.25, -0.2) is 9.97 Å². The summed E-state index contributed by atoms with van der Waals surface area (Å²) in [4.78, 5) is 22.7. The predicted molar refractivity (Wildman–Crippen MR) is 85.4 cm³/mol. The number of rotatable bonds is 3. The molecule has 0 saturated carbocycles. The summed E-state index contributed by atoms with van der Waals surface area (Å²) in [6, 6.07) is 9.53. The summed E-state index contributed by atoms with van der Waals surface area (Å²) in [7, 11) is 1.81. The van der Waals surface area contributed by atoms with E-state index in [9.17, 15) is 4.79 Å². The minimum atomic E-state index is -0.0518. The maximum atomic E-state index is 11.9. The second-order valence-electron chi connectivity index (χ2n) is 4.50. The van der Waals surface area contributed by atoms with Gasteiger partial charge in [0.1, 0.15) is 18.2 Å². The third-order valence-electron chi connectivity index (χ3n) is 3.18. The van der Waals surface area contributed by atoms with Crippen LogP contribution in [0, 0.1) is 0 Å². The molecule has 2 heterocycles. The summed E-state index contributed by atoms with van der Waals surface area (Å²) in [5.74, 6) is 1.39. The molecule has 6 nitrogen and oxygen atoms in total. The zero-order valence-corrected chi connectivity index (χ0v) is 12.6. The van der Waals surface area contributed by atoms with Crippen molar-refractivity contribution in [3.05, 3.63) is 30.3 Å². The maximum Gasteiger partial charge on any atom is 0.244 e. The van der Waals surface area contributed by atoms with Gasteiger partial charge >= 0.3 is 0 Å². The van der Waals surface area contributed by atoms with E-state index in [4.69, 9.17) is 0 Å². The van der Waals surface area contributed by atoms with Crippen molar-refractivity contribution in [2.75, 3.05) is 35.4 Å². The van der Waals surface area contributed by atoms with Crippen LogP contribution in [0.1, 0.15) is 0 Å². The zero-order valence-electron chi connectivity index (χ0n) is 11.8. The van der Waals surface area contributed by atoms with Gasteiger partial charge in [-0.1, -0.05) is 23.9 Å². The first kappa shape index (κ1) is 13.7. The molecule has 1 aromatic heterocycles. The fraction of sp³-hybridized carbons (Fsp3) is 0.214. The van der Waals surface area contributed by atoms with E-state index >= 15 is 0 Å². The summed E-state index contributed by atoms with van der Waals surface area (Å²) in [5, 5.41) is 6.56. The van der Waals surface area contributed by atoms with Crippen molar-refractivity contribution in [2.24, 2.45) is 0 Å². The normalized spacial score (nSPS) is 13.6. The standard InChI is InChI=1S/C14H15N5OS/c1-15-11-7-12(18-14(17-11)21-2)19-8-13(20)16-9-5-3-4-6-10(9)19/h3-7H,8H2,1-2H3,(H,16,20)(H,15,17,18). The van der Waals surface area contributed by atoms with E-state index in [1.54, 1.807) is 0 Å². The Hall–Kier alpha value is -2.28. The highest BCUT2D eigenvalue weighted by molar-refractivity contribution is 7.98. The van der Waals surface area contributed by atoms with Gasteiger partial charge in [0, 0.05) is 13.1 Å². The number of anilines is 4. The number of hydrogen-bond donors (Lipinski definition) is 2. The number of fused-ring (bicyclic) bond motifs is 1. The largest absolute Gasteiger partial charge is 0.373 e. The van der Waals surface area contributed by atoms with Gasteiger partial charge in [-0.3, -0.25) is 4.79 Å². The molecular weight excluding hydrogens is 286 g/mol. The number of amides is 1. The number of para-hydroxylation sites is 2. The molecule has 7 heteroatoms. The molecule has 2 N–H and O–H groups in total. The Morgan fingerprint density at radius 2 is 2.14 bits per heavy atom. The molecule has 1 aliphatic rings. The Bertz CT molecular complexity index is 669. The lowest BCUT2D eigenvalue weighted by Crippen LogP contribution is -2.35. The number of hydrogen-bond acceptors (Lipinski definition) is 6. The predicted octanol–water partition coefficient (Wildman–Crippen LogP) is 2.33. The van der Waals surface area contributed by atoms with Crippen LogP contribution in [0.15, 0.2) is 35.5 Å². The van der Waals surface area contributed by atoms with Gasteiger partial charge in [0.15, 0.2) is 5.16 Å². The van der Waals surface area contributed by atoms with Crippen molar-refractivity contribution in [3.63, 3.8) is 0 Å². The third-order valence-corrected chi connectivity index (χ3v) is 3.73. The van der Waals surface area contributed by atoms with Gasteiger partial charge in [0.2, 0.25) is 5.91 Å². The molecule has 1 amide bonds. The molecule has 0 radical (unpaired) electrons. The van der Waals surface area contributed by atoms with E-state index in [1.165, 1.54) is 11.8 Å². The van der Waals surface area contributed by atoms with Gasteiger partial charge in [0.25, 0.3) is 0 Å². The molecule has 0 unspecified atom stereocenters. The Morgan fingerprint density at radius 1 is 1.33 bits per heavy atom. The number of aromatic nitrogens is 2. The molecule has 2 aromatic rings. The molecule has 0 atom stereocenters. The van der Waals surface area contributed by atoms with Gasteiger partial charge in [-0.15, -0.1) is 0 Å². The Morgan fingerprint density at radius 3 is 2.90 bits per heavy atom. The number of carbonyl (C=O) groups is 1. The monoisotopic (exact) mass is 301 g/mol. The van der Waals surface area contributed by atoms with Crippen LogP contribution in [0.25, 0.3) is 0 Å². The molecule has 1 aliphatic heterocycles. The first-order valence-electron chi connectivity index (χ1n) is 6.48. The van der Waals surface area contributed by atoms with Crippen molar-refractivity contribution < 1.29 is 4.79 Å². The van der Waals surface area contributed by atoms with Gasteiger partial charge in [0.05, 0.1) is 11.4 Å². The van der Waals surface area contributed by atoms with Crippen molar-refractivity contribution in [2.45, 2.75) is 5.16 Å². The number of nitrogens with zero attached hydrogens (tertiary/aromatic N) is 3. The van der Waals surface area contributed by atoms with Gasteiger partial charge in [-0.2, -0.15) is 0 Å². The number of thioether (sulfide) groups is 1. The lowest BCUT2D eigenvalue weighted by atomic mass is 10.2. The molecular formula is C14H15N5OS. The summed E-state index contributed by atoms with van der Waals surface area (Å²) in [6.07, 6.45) is 1.93. The quantitative estimate of drug-likeness (QED) is 0.670. The van der Waals surface area contributed by atoms with Crippen LogP contribution in [-0.2, 0) is 4.79 Å². The second kappa shape index (κ2) is 5.61. The number of benzene rings is 1. The summed E-state index contributed by atoms with van der Waals surface area (Å²) in [5.41, 5.74) is 1.73. The van der Waals surface area contributed by atoms with Crippen molar-refractivity contribution in [3.8, 4) is 0 Å². The first-order valence-corrected chi connectivity index (χ1v) is 7.71. The molecule has 108 valence electrons. The Labute approximate surface area is 127 Å². The molecule has 1 aromatic carbocycles. The summed E-state index contributed by atoms with van der Waals surface area (Å²) in [6.45, 7) is 0.241. The van der Waals surface area contributed by atoms with Crippen LogP contribution < -0.4 is 15.5 Å². The second-order valence-corrected chi connectivity index (χ2v) is 5.27. The van der Waals surface area contributed by atoms with Crippen LogP contribution in [0.2, 0.25) is 0 Å². The minimum Gasteiger partial charge on any atom is -0.373 e. The van der Waals surface area contributed by atoms with E-state index in [2.05, 4.69) is 20.6 Å². The molecule has 3 rings (SSSR count). The van der Waals surface area contributed by atoms with E-state index < -0.39 is 0 Å². The maximum absolute atomic E-state index is 11.9. The average Bonchev–Trinajstić information content (AvgIpc) is 2.53. The van der Waals surface area contributed by atoms with Crippen LogP contribution in [0.4, 0.5) is 23.0 Å².